The second-order valence-corrected chi connectivity index (χ2v) is 11.4. The number of rotatable bonds is 8. The van der Waals surface area contributed by atoms with Crippen LogP contribution in [0.15, 0.2) is 20.9 Å². The van der Waals surface area contributed by atoms with Gasteiger partial charge in [-0.3, -0.25) is 4.79 Å². The van der Waals surface area contributed by atoms with Crippen LogP contribution in [0.3, 0.4) is 0 Å². The van der Waals surface area contributed by atoms with E-state index >= 15 is 0 Å². The van der Waals surface area contributed by atoms with Crippen LogP contribution < -0.4 is 5.32 Å². The summed E-state index contributed by atoms with van der Waals surface area (Å²) in [4.78, 5) is 17.8. The van der Waals surface area contributed by atoms with Crippen LogP contribution in [0.1, 0.15) is 68.1 Å². The van der Waals surface area contributed by atoms with Crippen molar-refractivity contribution in [1.29, 1.82) is 0 Å². The van der Waals surface area contributed by atoms with Crippen molar-refractivity contribution in [3.05, 3.63) is 28.7 Å². The van der Waals surface area contributed by atoms with Gasteiger partial charge in [-0.25, -0.2) is 8.42 Å². The van der Waals surface area contributed by atoms with Crippen LogP contribution >= 0.6 is 11.3 Å². The van der Waals surface area contributed by atoms with E-state index in [-0.39, 0.29) is 24.3 Å². The molecule has 1 saturated carbocycles. The maximum atomic E-state index is 12.7. The van der Waals surface area contributed by atoms with E-state index in [2.05, 4.69) is 15.5 Å². The molecule has 0 spiro atoms. The van der Waals surface area contributed by atoms with Gasteiger partial charge in [0.1, 0.15) is 10.3 Å². The number of thiophene rings is 1. The number of amides is 1. The molecule has 1 unspecified atom stereocenters. The summed E-state index contributed by atoms with van der Waals surface area (Å²) in [5.74, 6) is 1.43. The molecule has 1 N–H and O–H groups in total. The normalized spacial score (nSPS) is 19.0. The number of nitrogens with zero attached hydrogens (tertiary/aromatic N) is 3. The van der Waals surface area contributed by atoms with Crippen LogP contribution in [-0.4, -0.2) is 41.9 Å². The van der Waals surface area contributed by atoms with Gasteiger partial charge in [-0.2, -0.15) is 9.29 Å². The fourth-order valence-electron chi connectivity index (χ4n) is 3.42. The Morgan fingerprint density at radius 1 is 1.31 bits per heavy atom. The highest BCUT2D eigenvalue weighted by Gasteiger charge is 2.32. The maximum Gasteiger partial charge on any atom is 0.252 e. The molecule has 3 heterocycles. The van der Waals surface area contributed by atoms with Gasteiger partial charge < -0.3 is 9.84 Å². The van der Waals surface area contributed by atoms with E-state index in [1.807, 2.05) is 13.8 Å². The predicted molar refractivity (Wildman–Crippen MR) is 108 cm³/mol. The summed E-state index contributed by atoms with van der Waals surface area (Å²) >= 11 is 1.16. The molecule has 0 bridgehead atoms. The highest BCUT2D eigenvalue weighted by molar-refractivity contribution is 7.91. The minimum absolute atomic E-state index is 0.0842. The molecule has 10 heteroatoms. The van der Waals surface area contributed by atoms with E-state index in [9.17, 15) is 13.2 Å². The Hall–Kier alpha value is -1.78. The average molecular weight is 439 g/mol. The summed E-state index contributed by atoms with van der Waals surface area (Å²) in [6.07, 6.45) is 4.08. The van der Waals surface area contributed by atoms with Crippen LogP contribution in [0.2, 0.25) is 0 Å². The van der Waals surface area contributed by atoms with Gasteiger partial charge in [-0.05, 0) is 43.7 Å². The van der Waals surface area contributed by atoms with Gasteiger partial charge >= 0.3 is 0 Å². The lowest BCUT2D eigenvalue weighted by Gasteiger charge is -2.18. The summed E-state index contributed by atoms with van der Waals surface area (Å²) in [6.45, 7) is 5.11. The Morgan fingerprint density at radius 3 is 2.69 bits per heavy atom. The zero-order valence-electron chi connectivity index (χ0n) is 16.6. The minimum atomic E-state index is -3.45. The SMILES string of the molecule is CC(C)C(NC(=O)Cc1ccc(S(=O)(=O)N2CCCC2)s1)c1nc(C2CC2)no1. The van der Waals surface area contributed by atoms with Crippen molar-refractivity contribution in [2.24, 2.45) is 5.92 Å². The van der Waals surface area contributed by atoms with E-state index in [1.54, 1.807) is 12.1 Å². The Bertz CT molecular complexity index is 972. The van der Waals surface area contributed by atoms with Gasteiger partial charge in [0, 0.05) is 23.9 Å². The number of nitrogens with one attached hydrogen (secondary N) is 1. The number of sulfonamides is 1. The number of carbonyl (C=O) groups is 1. The zero-order chi connectivity index (χ0) is 20.6. The second kappa shape index (κ2) is 8.16. The first kappa shape index (κ1) is 20.5. The van der Waals surface area contributed by atoms with Gasteiger partial charge in [0.15, 0.2) is 5.82 Å². The van der Waals surface area contributed by atoms with Gasteiger partial charge in [-0.1, -0.05) is 19.0 Å². The number of hydrogen-bond donors (Lipinski definition) is 1. The monoisotopic (exact) mass is 438 g/mol. The molecule has 1 saturated heterocycles. The van der Waals surface area contributed by atoms with Gasteiger partial charge in [-0.15, -0.1) is 11.3 Å². The average Bonchev–Trinajstić information content (AvgIpc) is 3.12. The molecule has 158 valence electrons. The van der Waals surface area contributed by atoms with Crippen molar-refractivity contribution in [3.8, 4) is 0 Å². The number of aromatic nitrogens is 2. The fraction of sp³-hybridized carbons (Fsp3) is 0.632. The largest absolute Gasteiger partial charge is 0.344 e. The van der Waals surface area contributed by atoms with Crippen molar-refractivity contribution in [1.82, 2.24) is 19.8 Å². The quantitative estimate of drug-likeness (QED) is 0.679. The van der Waals surface area contributed by atoms with Crippen molar-refractivity contribution < 1.29 is 17.7 Å². The molecule has 1 aliphatic heterocycles. The Labute approximate surface area is 174 Å². The van der Waals surface area contributed by atoms with E-state index < -0.39 is 10.0 Å². The zero-order valence-corrected chi connectivity index (χ0v) is 18.3. The molecule has 8 nitrogen and oxygen atoms in total. The summed E-state index contributed by atoms with van der Waals surface area (Å²) in [5, 5.41) is 7.00. The molecule has 4 rings (SSSR count). The third kappa shape index (κ3) is 4.54. The third-order valence-corrected chi connectivity index (χ3v) is 8.73. The summed E-state index contributed by atoms with van der Waals surface area (Å²) in [6, 6.07) is 2.95. The van der Waals surface area contributed by atoms with E-state index in [0.29, 0.717) is 34.0 Å². The first-order chi connectivity index (χ1) is 13.8. The molecule has 0 aromatic carbocycles. The molecule has 1 aliphatic carbocycles. The van der Waals surface area contributed by atoms with Crippen molar-refractivity contribution in [2.45, 2.75) is 62.1 Å². The number of hydrogen-bond acceptors (Lipinski definition) is 7. The molecule has 0 radical (unpaired) electrons. The fourth-order valence-corrected chi connectivity index (χ4v) is 6.45. The smallest absolute Gasteiger partial charge is 0.252 e. The molecule has 1 atom stereocenters. The summed E-state index contributed by atoms with van der Waals surface area (Å²) < 4.78 is 32.5. The molecule has 2 aromatic rings. The van der Waals surface area contributed by atoms with E-state index in [0.717, 1.165) is 42.8 Å². The lowest BCUT2D eigenvalue weighted by molar-refractivity contribution is -0.121. The standard InChI is InChI=1S/C19H26N4O4S2/c1-12(2)17(19-21-18(22-27-19)13-5-6-13)20-15(24)11-14-7-8-16(28-14)29(25,26)23-9-3-4-10-23/h7-8,12-13,17H,3-6,9-11H2,1-2H3,(H,20,24). The highest BCUT2D eigenvalue weighted by atomic mass is 32.2. The molecule has 2 aliphatic rings. The van der Waals surface area contributed by atoms with E-state index in [4.69, 9.17) is 4.52 Å². The summed E-state index contributed by atoms with van der Waals surface area (Å²) in [5.41, 5.74) is 0. The third-order valence-electron chi connectivity index (χ3n) is 5.28. The lowest BCUT2D eigenvalue weighted by Crippen LogP contribution is -2.33. The molecule has 29 heavy (non-hydrogen) atoms. The van der Waals surface area contributed by atoms with Crippen LogP contribution in [0.4, 0.5) is 0 Å². The van der Waals surface area contributed by atoms with Gasteiger partial charge in [0.25, 0.3) is 10.0 Å². The maximum absolute atomic E-state index is 12.7. The number of carbonyl (C=O) groups excluding carboxylic acids is 1. The van der Waals surface area contributed by atoms with Gasteiger partial charge in [0.2, 0.25) is 11.8 Å². The topological polar surface area (TPSA) is 105 Å². The van der Waals surface area contributed by atoms with Crippen molar-refractivity contribution >= 4 is 27.3 Å². The van der Waals surface area contributed by atoms with Crippen LogP contribution in [0.25, 0.3) is 0 Å². The molecular formula is C19H26N4O4S2. The first-order valence-corrected chi connectivity index (χ1v) is 12.3. The Balaban J connectivity index is 1.41. The highest BCUT2D eigenvalue weighted by Crippen LogP contribution is 2.38. The van der Waals surface area contributed by atoms with Crippen molar-refractivity contribution in [2.75, 3.05) is 13.1 Å². The van der Waals surface area contributed by atoms with Crippen LogP contribution in [0.5, 0.6) is 0 Å². The predicted octanol–water partition coefficient (Wildman–Crippen LogP) is 2.85. The molecule has 2 aromatic heterocycles. The molecule has 1 amide bonds. The molecular weight excluding hydrogens is 412 g/mol. The van der Waals surface area contributed by atoms with Crippen LogP contribution in [-0.2, 0) is 21.2 Å². The lowest BCUT2D eigenvalue weighted by atomic mass is 10.0. The summed E-state index contributed by atoms with van der Waals surface area (Å²) in [7, 11) is -3.45. The Morgan fingerprint density at radius 2 is 2.03 bits per heavy atom. The van der Waals surface area contributed by atoms with Gasteiger partial charge in [0.05, 0.1) is 6.42 Å². The minimum Gasteiger partial charge on any atom is -0.344 e. The van der Waals surface area contributed by atoms with Crippen LogP contribution in [0, 0.1) is 5.92 Å². The molecule has 2 fully saturated rings. The first-order valence-electron chi connectivity index (χ1n) is 10.1. The van der Waals surface area contributed by atoms with E-state index in [1.165, 1.54) is 4.31 Å². The van der Waals surface area contributed by atoms with Crippen molar-refractivity contribution in [3.63, 3.8) is 0 Å². The Kier molecular flexibility index (Phi) is 5.76. The second-order valence-electron chi connectivity index (χ2n) is 8.06.